The first-order valence-corrected chi connectivity index (χ1v) is 9.64. The summed E-state index contributed by atoms with van der Waals surface area (Å²) in [6.45, 7) is 3.74. The van der Waals surface area contributed by atoms with Gasteiger partial charge < -0.3 is 15.4 Å². The predicted molar refractivity (Wildman–Crippen MR) is 103 cm³/mol. The molecule has 0 unspecified atom stereocenters. The fourth-order valence-electron chi connectivity index (χ4n) is 3.52. The number of methoxy groups -OCH3 is 1. The molecule has 3 rings (SSSR count). The SMILES string of the molecule is CC[C@@H]1C[C@H](C(F)(F)F)n2nc(C(=O)N[C@@H](CC)c3ccc(OC)cc3)cc2N1. The quantitative estimate of drug-likeness (QED) is 0.737. The summed E-state index contributed by atoms with van der Waals surface area (Å²) in [4.78, 5) is 12.7. The Morgan fingerprint density at radius 2 is 2.03 bits per heavy atom. The standard InChI is InChI=1S/C20H25F3N4O2/c1-4-13-10-17(20(21,22)23)27-18(24-13)11-16(26-27)19(28)25-15(5-2)12-6-8-14(29-3)9-7-12/h6-9,11,13,15,17,24H,4-5,10H2,1-3H3,(H,25,28)/t13-,15+,17-/m1/s1. The maximum absolute atomic E-state index is 13.5. The molecule has 1 aromatic heterocycles. The second kappa shape index (κ2) is 8.34. The number of hydrogen-bond acceptors (Lipinski definition) is 4. The van der Waals surface area contributed by atoms with Gasteiger partial charge in [0.2, 0.25) is 0 Å². The third kappa shape index (κ3) is 4.49. The van der Waals surface area contributed by atoms with Crippen molar-refractivity contribution in [1.29, 1.82) is 0 Å². The van der Waals surface area contributed by atoms with Crippen LogP contribution in [-0.2, 0) is 0 Å². The number of hydrogen-bond donors (Lipinski definition) is 2. The molecule has 0 aliphatic carbocycles. The van der Waals surface area contributed by atoms with Crippen LogP contribution in [0.4, 0.5) is 19.0 Å². The van der Waals surface area contributed by atoms with Gasteiger partial charge in [-0.05, 0) is 37.0 Å². The van der Waals surface area contributed by atoms with Crippen molar-refractivity contribution in [2.75, 3.05) is 12.4 Å². The lowest BCUT2D eigenvalue weighted by atomic mass is 10.0. The molecule has 0 radical (unpaired) electrons. The highest BCUT2D eigenvalue weighted by atomic mass is 19.4. The Morgan fingerprint density at radius 1 is 1.34 bits per heavy atom. The average Bonchev–Trinajstić information content (AvgIpc) is 3.14. The van der Waals surface area contributed by atoms with Crippen molar-refractivity contribution in [3.05, 3.63) is 41.6 Å². The van der Waals surface area contributed by atoms with Crippen LogP contribution >= 0.6 is 0 Å². The van der Waals surface area contributed by atoms with Gasteiger partial charge in [0, 0.05) is 12.1 Å². The number of halogens is 3. The smallest absolute Gasteiger partial charge is 0.410 e. The van der Waals surface area contributed by atoms with Gasteiger partial charge in [0.15, 0.2) is 11.7 Å². The lowest BCUT2D eigenvalue weighted by molar-refractivity contribution is -0.173. The molecule has 29 heavy (non-hydrogen) atoms. The molecule has 0 spiro atoms. The molecule has 1 aromatic carbocycles. The number of amides is 1. The summed E-state index contributed by atoms with van der Waals surface area (Å²) in [5.41, 5.74) is 0.841. The zero-order chi connectivity index (χ0) is 21.2. The van der Waals surface area contributed by atoms with Gasteiger partial charge in [0.1, 0.15) is 11.6 Å². The Labute approximate surface area is 167 Å². The van der Waals surface area contributed by atoms with Crippen LogP contribution in [0.15, 0.2) is 30.3 Å². The number of nitrogens with one attached hydrogen (secondary N) is 2. The molecule has 1 aliphatic rings. The molecule has 2 heterocycles. The fraction of sp³-hybridized carbons (Fsp3) is 0.500. The molecule has 2 N–H and O–H groups in total. The van der Waals surface area contributed by atoms with Crippen molar-refractivity contribution in [3.8, 4) is 5.75 Å². The van der Waals surface area contributed by atoms with Crippen LogP contribution in [-0.4, -0.2) is 35.0 Å². The Balaban J connectivity index is 1.81. The van der Waals surface area contributed by atoms with E-state index in [1.54, 1.807) is 19.2 Å². The second-order valence-electron chi connectivity index (χ2n) is 7.11. The van der Waals surface area contributed by atoms with Crippen molar-refractivity contribution >= 4 is 11.7 Å². The molecule has 3 atom stereocenters. The zero-order valence-electron chi connectivity index (χ0n) is 16.6. The van der Waals surface area contributed by atoms with Crippen LogP contribution in [0, 0.1) is 0 Å². The molecule has 0 saturated heterocycles. The zero-order valence-corrected chi connectivity index (χ0v) is 16.6. The van der Waals surface area contributed by atoms with E-state index in [1.165, 1.54) is 6.07 Å². The first-order chi connectivity index (χ1) is 13.8. The molecule has 1 aliphatic heterocycles. The highest BCUT2D eigenvalue weighted by Crippen LogP contribution is 2.40. The summed E-state index contributed by atoms with van der Waals surface area (Å²) in [6.07, 6.45) is -3.38. The summed E-state index contributed by atoms with van der Waals surface area (Å²) < 4.78 is 46.5. The minimum absolute atomic E-state index is 0.0366. The number of fused-ring (bicyclic) bond motifs is 1. The maximum atomic E-state index is 13.5. The predicted octanol–water partition coefficient (Wildman–Crippen LogP) is 4.47. The number of aromatic nitrogens is 2. The van der Waals surface area contributed by atoms with Gasteiger partial charge in [-0.15, -0.1) is 0 Å². The number of carbonyl (C=O) groups is 1. The second-order valence-corrected chi connectivity index (χ2v) is 7.11. The molecule has 9 heteroatoms. The van der Waals surface area contributed by atoms with Crippen LogP contribution in [0.5, 0.6) is 5.75 Å². The van der Waals surface area contributed by atoms with E-state index in [4.69, 9.17) is 4.74 Å². The Hall–Kier alpha value is -2.71. The van der Waals surface area contributed by atoms with Gasteiger partial charge in [-0.1, -0.05) is 26.0 Å². The number of nitrogens with zero attached hydrogens (tertiary/aromatic N) is 2. The normalized spacial score (nSPS) is 19.8. The van der Waals surface area contributed by atoms with Gasteiger partial charge in [-0.25, -0.2) is 4.68 Å². The summed E-state index contributed by atoms with van der Waals surface area (Å²) in [6, 6.07) is 6.32. The highest BCUT2D eigenvalue weighted by molar-refractivity contribution is 5.93. The number of rotatable bonds is 6. The number of alkyl halides is 3. The Morgan fingerprint density at radius 3 is 2.59 bits per heavy atom. The molecule has 1 amide bonds. The minimum atomic E-state index is -4.43. The van der Waals surface area contributed by atoms with E-state index in [2.05, 4.69) is 15.7 Å². The highest BCUT2D eigenvalue weighted by Gasteiger charge is 2.46. The van der Waals surface area contributed by atoms with E-state index in [-0.39, 0.29) is 30.0 Å². The third-order valence-electron chi connectivity index (χ3n) is 5.23. The number of ether oxygens (including phenoxy) is 1. The lowest BCUT2D eigenvalue weighted by Gasteiger charge is -2.32. The van der Waals surface area contributed by atoms with Crippen molar-refractivity contribution in [2.45, 2.75) is 57.4 Å². The van der Waals surface area contributed by atoms with Crippen LogP contribution < -0.4 is 15.4 Å². The van der Waals surface area contributed by atoms with Gasteiger partial charge >= 0.3 is 6.18 Å². The maximum Gasteiger partial charge on any atom is 0.410 e. The minimum Gasteiger partial charge on any atom is -0.497 e. The van der Waals surface area contributed by atoms with Gasteiger partial charge in [0.05, 0.1) is 13.2 Å². The molecule has 0 fully saturated rings. The van der Waals surface area contributed by atoms with Crippen molar-refractivity contribution in [1.82, 2.24) is 15.1 Å². The van der Waals surface area contributed by atoms with Crippen molar-refractivity contribution < 1.29 is 22.7 Å². The van der Waals surface area contributed by atoms with E-state index < -0.39 is 18.1 Å². The van der Waals surface area contributed by atoms with Gasteiger partial charge in [-0.2, -0.15) is 18.3 Å². The largest absolute Gasteiger partial charge is 0.497 e. The van der Waals surface area contributed by atoms with E-state index in [1.807, 2.05) is 26.0 Å². The Bertz CT molecular complexity index is 848. The van der Waals surface area contributed by atoms with E-state index in [9.17, 15) is 18.0 Å². The first kappa shape index (κ1) is 21.0. The molecule has 6 nitrogen and oxygen atoms in total. The van der Waals surface area contributed by atoms with Gasteiger partial charge in [0.25, 0.3) is 5.91 Å². The third-order valence-corrected chi connectivity index (χ3v) is 5.23. The molecule has 0 saturated carbocycles. The number of benzene rings is 1. The van der Waals surface area contributed by atoms with Crippen LogP contribution in [0.3, 0.4) is 0 Å². The fourth-order valence-corrected chi connectivity index (χ4v) is 3.52. The summed E-state index contributed by atoms with van der Waals surface area (Å²) in [5.74, 6) is 0.407. The number of carbonyl (C=O) groups excluding carboxylic acids is 1. The van der Waals surface area contributed by atoms with Crippen LogP contribution in [0.1, 0.15) is 61.2 Å². The van der Waals surface area contributed by atoms with E-state index in [0.29, 0.717) is 18.6 Å². The van der Waals surface area contributed by atoms with Crippen LogP contribution in [0.2, 0.25) is 0 Å². The molecule has 158 valence electrons. The average molecular weight is 410 g/mol. The lowest BCUT2D eigenvalue weighted by Crippen LogP contribution is -2.39. The summed E-state index contributed by atoms with van der Waals surface area (Å²) >= 11 is 0. The van der Waals surface area contributed by atoms with E-state index in [0.717, 1.165) is 10.2 Å². The molecular weight excluding hydrogens is 385 g/mol. The molecule has 0 bridgehead atoms. The van der Waals surface area contributed by atoms with Crippen molar-refractivity contribution in [3.63, 3.8) is 0 Å². The Kier molecular flexibility index (Phi) is 6.04. The van der Waals surface area contributed by atoms with E-state index >= 15 is 0 Å². The monoisotopic (exact) mass is 410 g/mol. The summed E-state index contributed by atoms with van der Waals surface area (Å²) in [5, 5.41) is 9.88. The topological polar surface area (TPSA) is 68.2 Å². The summed E-state index contributed by atoms with van der Waals surface area (Å²) in [7, 11) is 1.57. The number of anilines is 1. The van der Waals surface area contributed by atoms with Gasteiger partial charge in [-0.3, -0.25) is 4.79 Å². The van der Waals surface area contributed by atoms with Crippen LogP contribution in [0.25, 0.3) is 0 Å². The first-order valence-electron chi connectivity index (χ1n) is 9.64. The molecule has 2 aromatic rings. The van der Waals surface area contributed by atoms with Crippen molar-refractivity contribution in [2.24, 2.45) is 0 Å². The molecular formula is C20H25F3N4O2.